The molecule has 0 aromatic heterocycles. The fraction of sp³-hybridized carbons (Fsp3) is 0.455. The predicted molar refractivity (Wildman–Crippen MR) is 56.2 cm³/mol. The van der Waals surface area contributed by atoms with Crippen molar-refractivity contribution >= 4 is 11.6 Å². The van der Waals surface area contributed by atoms with Crippen molar-refractivity contribution in [3.05, 3.63) is 34.1 Å². The Balaban J connectivity index is 3.03. The summed E-state index contributed by atoms with van der Waals surface area (Å²) in [4.78, 5) is 0. The first-order chi connectivity index (χ1) is 6.54. The summed E-state index contributed by atoms with van der Waals surface area (Å²) >= 11 is 5.72. The number of benzene rings is 1. The number of aryl methyl sites for hydroxylation is 1. The lowest BCUT2D eigenvalue weighted by atomic mass is 10.0. The van der Waals surface area contributed by atoms with Gasteiger partial charge in [-0.1, -0.05) is 24.6 Å². The molecule has 0 spiro atoms. The van der Waals surface area contributed by atoms with Gasteiger partial charge in [-0.2, -0.15) is 0 Å². The molecule has 1 unspecified atom stereocenters. The number of hydrogen-bond donors (Lipinski definition) is 1. The van der Waals surface area contributed by atoms with Gasteiger partial charge >= 0.3 is 0 Å². The van der Waals surface area contributed by atoms with Crippen LogP contribution in [-0.2, 0) is 12.8 Å². The van der Waals surface area contributed by atoms with Gasteiger partial charge in [-0.05, 0) is 37.0 Å². The molecular weight excluding hydrogens is 203 g/mol. The van der Waals surface area contributed by atoms with E-state index in [2.05, 4.69) is 0 Å². The molecule has 1 rings (SSSR count). The zero-order valence-corrected chi connectivity index (χ0v) is 9.11. The standard InChI is InChI=1S/C11H14ClFO/c1-3-9-5-8(4-7(2)14)6-10(12)11(9)13/h5-7,14H,3-4H2,1-2H3. The third-order valence-electron chi connectivity index (χ3n) is 2.08. The summed E-state index contributed by atoms with van der Waals surface area (Å²) in [5, 5.41) is 9.33. The number of hydrogen-bond acceptors (Lipinski definition) is 1. The lowest BCUT2D eigenvalue weighted by molar-refractivity contribution is 0.195. The smallest absolute Gasteiger partial charge is 0.144 e. The van der Waals surface area contributed by atoms with Crippen LogP contribution in [0.5, 0.6) is 0 Å². The van der Waals surface area contributed by atoms with E-state index < -0.39 is 6.10 Å². The van der Waals surface area contributed by atoms with Crippen LogP contribution in [0.3, 0.4) is 0 Å². The number of aliphatic hydroxyl groups excluding tert-OH is 1. The molecule has 0 aliphatic rings. The maximum Gasteiger partial charge on any atom is 0.144 e. The molecule has 3 heteroatoms. The summed E-state index contributed by atoms with van der Waals surface area (Å²) in [5.74, 6) is -0.344. The summed E-state index contributed by atoms with van der Waals surface area (Å²) < 4.78 is 13.3. The molecule has 1 aromatic carbocycles. The largest absolute Gasteiger partial charge is 0.393 e. The number of aliphatic hydroxyl groups is 1. The van der Waals surface area contributed by atoms with Crippen LogP contribution in [0.4, 0.5) is 4.39 Å². The van der Waals surface area contributed by atoms with Gasteiger partial charge in [-0.25, -0.2) is 4.39 Å². The SMILES string of the molecule is CCc1cc(CC(C)O)cc(Cl)c1F. The van der Waals surface area contributed by atoms with E-state index in [9.17, 15) is 9.50 Å². The van der Waals surface area contributed by atoms with Gasteiger partial charge in [0.05, 0.1) is 11.1 Å². The molecule has 78 valence electrons. The predicted octanol–water partition coefficient (Wildman–Crippen LogP) is 2.96. The maximum atomic E-state index is 13.3. The van der Waals surface area contributed by atoms with Gasteiger partial charge in [0.15, 0.2) is 0 Å². The van der Waals surface area contributed by atoms with E-state index in [0.29, 0.717) is 18.4 Å². The second kappa shape index (κ2) is 4.76. The van der Waals surface area contributed by atoms with Gasteiger partial charge in [-0.15, -0.1) is 0 Å². The molecule has 1 nitrogen and oxygen atoms in total. The third kappa shape index (κ3) is 2.69. The van der Waals surface area contributed by atoms with Gasteiger partial charge in [0.1, 0.15) is 5.82 Å². The second-order valence-electron chi connectivity index (χ2n) is 3.46. The van der Waals surface area contributed by atoms with E-state index in [0.717, 1.165) is 5.56 Å². The van der Waals surface area contributed by atoms with E-state index >= 15 is 0 Å². The Morgan fingerprint density at radius 1 is 1.50 bits per heavy atom. The quantitative estimate of drug-likeness (QED) is 0.824. The molecule has 1 aromatic rings. The van der Waals surface area contributed by atoms with Crippen molar-refractivity contribution < 1.29 is 9.50 Å². The average molecular weight is 217 g/mol. The molecule has 0 aliphatic heterocycles. The number of halogens is 2. The molecule has 0 saturated carbocycles. The van der Waals surface area contributed by atoms with E-state index in [4.69, 9.17) is 11.6 Å². The van der Waals surface area contributed by atoms with Crippen LogP contribution in [0.15, 0.2) is 12.1 Å². The van der Waals surface area contributed by atoms with Crippen molar-refractivity contribution in [1.29, 1.82) is 0 Å². The molecule has 1 atom stereocenters. The Labute approximate surface area is 88.5 Å². The minimum absolute atomic E-state index is 0.139. The Hall–Kier alpha value is -0.600. The topological polar surface area (TPSA) is 20.2 Å². The Morgan fingerprint density at radius 3 is 2.64 bits per heavy atom. The van der Waals surface area contributed by atoms with Gasteiger partial charge in [0, 0.05) is 0 Å². The van der Waals surface area contributed by atoms with Crippen LogP contribution < -0.4 is 0 Å². The van der Waals surface area contributed by atoms with Gasteiger partial charge in [-0.3, -0.25) is 0 Å². The van der Waals surface area contributed by atoms with Gasteiger partial charge in [0.25, 0.3) is 0 Å². The monoisotopic (exact) mass is 216 g/mol. The highest BCUT2D eigenvalue weighted by Crippen LogP contribution is 2.22. The lowest BCUT2D eigenvalue weighted by Gasteiger charge is -2.08. The zero-order chi connectivity index (χ0) is 10.7. The minimum Gasteiger partial charge on any atom is -0.393 e. The van der Waals surface area contributed by atoms with Crippen LogP contribution in [-0.4, -0.2) is 11.2 Å². The first kappa shape index (κ1) is 11.5. The molecule has 1 N–H and O–H groups in total. The molecule has 0 bridgehead atoms. The molecule has 0 amide bonds. The van der Waals surface area contributed by atoms with E-state index in [1.54, 1.807) is 19.1 Å². The highest BCUT2D eigenvalue weighted by molar-refractivity contribution is 6.30. The summed E-state index contributed by atoms with van der Waals surface area (Å²) in [6, 6.07) is 3.33. The molecule has 0 heterocycles. The first-order valence-electron chi connectivity index (χ1n) is 4.69. The first-order valence-corrected chi connectivity index (χ1v) is 5.07. The van der Waals surface area contributed by atoms with Crippen LogP contribution in [0, 0.1) is 5.82 Å². The van der Waals surface area contributed by atoms with Crippen LogP contribution in [0.25, 0.3) is 0 Å². The average Bonchev–Trinajstić information content (AvgIpc) is 2.10. The van der Waals surface area contributed by atoms with Crippen molar-refractivity contribution in [3.8, 4) is 0 Å². The van der Waals surface area contributed by atoms with Crippen molar-refractivity contribution in [3.63, 3.8) is 0 Å². The normalized spacial score (nSPS) is 12.9. The van der Waals surface area contributed by atoms with E-state index in [1.807, 2.05) is 6.92 Å². The second-order valence-corrected chi connectivity index (χ2v) is 3.86. The summed E-state index contributed by atoms with van der Waals surface area (Å²) in [6.45, 7) is 3.57. The highest BCUT2D eigenvalue weighted by atomic mass is 35.5. The van der Waals surface area contributed by atoms with Crippen molar-refractivity contribution in [2.75, 3.05) is 0 Å². The van der Waals surface area contributed by atoms with Gasteiger partial charge in [0.2, 0.25) is 0 Å². The Kier molecular flexibility index (Phi) is 3.90. The minimum atomic E-state index is -0.429. The van der Waals surface area contributed by atoms with Crippen LogP contribution in [0.2, 0.25) is 5.02 Å². The molecule has 14 heavy (non-hydrogen) atoms. The zero-order valence-electron chi connectivity index (χ0n) is 8.35. The Morgan fingerprint density at radius 2 is 2.14 bits per heavy atom. The highest BCUT2D eigenvalue weighted by Gasteiger charge is 2.09. The third-order valence-corrected chi connectivity index (χ3v) is 2.35. The number of rotatable bonds is 3. The lowest BCUT2D eigenvalue weighted by Crippen LogP contribution is -2.05. The molecule has 0 aliphatic carbocycles. The van der Waals surface area contributed by atoms with Crippen LogP contribution in [0.1, 0.15) is 25.0 Å². The molecule has 0 fully saturated rings. The fourth-order valence-electron chi connectivity index (χ4n) is 1.42. The molecular formula is C11H14ClFO. The molecule has 0 radical (unpaired) electrons. The summed E-state index contributed by atoms with van der Waals surface area (Å²) in [6.07, 6.45) is 0.688. The van der Waals surface area contributed by atoms with Crippen molar-refractivity contribution in [2.24, 2.45) is 0 Å². The maximum absolute atomic E-state index is 13.3. The summed E-state index contributed by atoms with van der Waals surface area (Å²) in [7, 11) is 0. The van der Waals surface area contributed by atoms with E-state index in [-0.39, 0.29) is 10.8 Å². The fourth-order valence-corrected chi connectivity index (χ4v) is 1.69. The summed E-state index contributed by atoms with van der Waals surface area (Å²) in [5.41, 5.74) is 1.48. The molecule has 0 saturated heterocycles. The van der Waals surface area contributed by atoms with Gasteiger partial charge < -0.3 is 5.11 Å². The Bertz CT molecular complexity index is 323. The van der Waals surface area contributed by atoms with Crippen molar-refractivity contribution in [1.82, 2.24) is 0 Å². The van der Waals surface area contributed by atoms with Crippen molar-refractivity contribution in [2.45, 2.75) is 32.8 Å². The van der Waals surface area contributed by atoms with E-state index in [1.165, 1.54) is 0 Å². The van der Waals surface area contributed by atoms with Crippen LogP contribution >= 0.6 is 11.6 Å².